The molecule has 0 saturated carbocycles. The van der Waals surface area contributed by atoms with E-state index in [1.807, 2.05) is 31.2 Å². The van der Waals surface area contributed by atoms with Crippen molar-refractivity contribution in [2.24, 2.45) is 0 Å². The van der Waals surface area contributed by atoms with Gasteiger partial charge in [-0.05, 0) is 48.9 Å². The summed E-state index contributed by atoms with van der Waals surface area (Å²) in [5.74, 6) is 0.754. The first kappa shape index (κ1) is 13.9. The van der Waals surface area contributed by atoms with Gasteiger partial charge in [0.1, 0.15) is 11.5 Å². The van der Waals surface area contributed by atoms with E-state index in [0.29, 0.717) is 5.56 Å². The van der Waals surface area contributed by atoms with Gasteiger partial charge in [-0.1, -0.05) is 12.1 Å². The zero-order valence-electron chi connectivity index (χ0n) is 11.5. The number of aromatic hydroxyl groups is 1. The quantitative estimate of drug-likeness (QED) is 0.899. The number of amides is 1. The molecule has 0 aliphatic rings. The van der Waals surface area contributed by atoms with Crippen LogP contribution in [0.25, 0.3) is 0 Å². The molecule has 1 unspecified atom stereocenters. The molecular formula is C16H17NO3. The number of ether oxygens (including phenoxy) is 1. The van der Waals surface area contributed by atoms with Gasteiger partial charge in [-0.25, -0.2) is 0 Å². The highest BCUT2D eigenvalue weighted by Crippen LogP contribution is 2.18. The van der Waals surface area contributed by atoms with E-state index < -0.39 is 0 Å². The van der Waals surface area contributed by atoms with Crippen molar-refractivity contribution in [2.75, 3.05) is 7.11 Å². The third kappa shape index (κ3) is 3.29. The van der Waals surface area contributed by atoms with Crippen LogP contribution in [0.1, 0.15) is 28.9 Å². The number of carbonyl (C=O) groups is 1. The molecule has 0 spiro atoms. The van der Waals surface area contributed by atoms with E-state index in [1.54, 1.807) is 19.2 Å². The van der Waals surface area contributed by atoms with Gasteiger partial charge in [0.2, 0.25) is 0 Å². The minimum atomic E-state index is -0.173. The maximum atomic E-state index is 12.0. The molecule has 2 aromatic carbocycles. The predicted molar refractivity (Wildman–Crippen MR) is 77.0 cm³/mol. The molecule has 1 amide bonds. The van der Waals surface area contributed by atoms with Gasteiger partial charge in [0, 0.05) is 5.56 Å². The van der Waals surface area contributed by atoms with Crippen LogP contribution in [-0.4, -0.2) is 18.1 Å². The molecule has 2 aromatic rings. The fourth-order valence-electron chi connectivity index (χ4n) is 1.87. The van der Waals surface area contributed by atoms with Crippen molar-refractivity contribution >= 4 is 5.91 Å². The van der Waals surface area contributed by atoms with Crippen molar-refractivity contribution in [3.63, 3.8) is 0 Å². The van der Waals surface area contributed by atoms with Gasteiger partial charge in [0.05, 0.1) is 13.2 Å². The molecule has 2 rings (SSSR count). The number of hydrogen-bond donors (Lipinski definition) is 2. The van der Waals surface area contributed by atoms with Crippen LogP contribution in [0.4, 0.5) is 0 Å². The predicted octanol–water partition coefficient (Wildman–Crippen LogP) is 2.89. The molecule has 4 heteroatoms. The summed E-state index contributed by atoms with van der Waals surface area (Å²) < 4.78 is 5.10. The van der Waals surface area contributed by atoms with Gasteiger partial charge in [-0.15, -0.1) is 0 Å². The summed E-state index contributed by atoms with van der Waals surface area (Å²) in [7, 11) is 1.62. The first-order chi connectivity index (χ1) is 9.60. The summed E-state index contributed by atoms with van der Waals surface area (Å²) in [6.45, 7) is 1.92. The molecule has 0 aliphatic heterocycles. The maximum Gasteiger partial charge on any atom is 0.251 e. The Morgan fingerprint density at radius 3 is 2.25 bits per heavy atom. The number of hydrogen-bond acceptors (Lipinski definition) is 3. The van der Waals surface area contributed by atoms with Gasteiger partial charge in [0.15, 0.2) is 0 Å². The standard InChI is InChI=1S/C16H17NO3/c1-11(12-5-9-15(20-2)10-6-12)17-16(19)13-3-7-14(18)8-4-13/h3-11,18H,1-2H3,(H,17,19). The lowest BCUT2D eigenvalue weighted by atomic mass is 10.1. The van der Waals surface area contributed by atoms with Crippen molar-refractivity contribution in [3.8, 4) is 11.5 Å². The highest BCUT2D eigenvalue weighted by atomic mass is 16.5. The van der Waals surface area contributed by atoms with Crippen LogP contribution in [0, 0.1) is 0 Å². The smallest absolute Gasteiger partial charge is 0.251 e. The van der Waals surface area contributed by atoms with E-state index in [9.17, 15) is 9.90 Å². The number of carbonyl (C=O) groups excluding carboxylic acids is 1. The van der Waals surface area contributed by atoms with Crippen LogP contribution in [0.2, 0.25) is 0 Å². The Morgan fingerprint density at radius 1 is 1.10 bits per heavy atom. The summed E-state index contributed by atoms with van der Waals surface area (Å²) >= 11 is 0. The summed E-state index contributed by atoms with van der Waals surface area (Å²) in [4.78, 5) is 12.0. The Labute approximate surface area is 118 Å². The number of benzene rings is 2. The molecule has 0 aliphatic carbocycles. The van der Waals surface area contributed by atoms with Crippen molar-refractivity contribution in [1.82, 2.24) is 5.32 Å². The van der Waals surface area contributed by atoms with Gasteiger partial charge in [-0.2, -0.15) is 0 Å². The van der Waals surface area contributed by atoms with Crippen molar-refractivity contribution in [3.05, 3.63) is 59.7 Å². The number of phenolic OH excluding ortho intramolecular Hbond substituents is 1. The Balaban J connectivity index is 2.04. The average Bonchev–Trinajstić information content (AvgIpc) is 2.48. The molecule has 20 heavy (non-hydrogen) atoms. The van der Waals surface area contributed by atoms with E-state index in [2.05, 4.69) is 5.32 Å². The average molecular weight is 271 g/mol. The Bertz CT molecular complexity index is 576. The Hall–Kier alpha value is -2.49. The van der Waals surface area contributed by atoms with E-state index in [-0.39, 0.29) is 17.7 Å². The minimum Gasteiger partial charge on any atom is -0.508 e. The summed E-state index contributed by atoms with van der Waals surface area (Å²) in [6, 6.07) is 13.6. The Kier molecular flexibility index (Phi) is 4.25. The fraction of sp³-hybridized carbons (Fsp3) is 0.188. The Morgan fingerprint density at radius 2 is 1.70 bits per heavy atom. The molecule has 0 fully saturated rings. The zero-order valence-corrected chi connectivity index (χ0v) is 11.5. The van der Waals surface area contributed by atoms with Crippen LogP contribution < -0.4 is 10.1 Å². The first-order valence-corrected chi connectivity index (χ1v) is 6.34. The monoisotopic (exact) mass is 271 g/mol. The second kappa shape index (κ2) is 6.10. The summed E-state index contributed by atoms with van der Waals surface area (Å²) in [5.41, 5.74) is 1.51. The highest BCUT2D eigenvalue weighted by molar-refractivity contribution is 5.94. The second-order valence-corrected chi connectivity index (χ2v) is 4.52. The summed E-state index contributed by atoms with van der Waals surface area (Å²) in [5, 5.41) is 12.1. The molecular weight excluding hydrogens is 254 g/mol. The van der Waals surface area contributed by atoms with Gasteiger partial charge >= 0.3 is 0 Å². The van der Waals surface area contributed by atoms with Crippen LogP contribution in [0.3, 0.4) is 0 Å². The lowest BCUT2D eigenvalue weighted by molar-refractivity contribution is 0.0940. The third-order valence-electron chi connectivity index (χ3n) is 3.09. The van der Waals surface area contributed by atoms with Crippen LogP contribution in [-0.2, 0) is 0 Å². The molecule has 2 N–H and O–H groups in total. The molecule has 0 saturated heterocycles. The fourth-order valence-corrected chi connectivity index (χ4v) is 1.87. The molecule has 1 atom stereocenters. The number of nitrogens with one attached hydrogen (secondary N) is 1. The van der Waals surface area contributed by atoms with Crippen molar-refractivity contribution < 1.29 is 14.6 Å². The third-order valence-corrected chi connectivity index (χ3v) is 3.09. The van der Waals surface area contributed by atoms with Gasteiger partial charge in [-0.3, -0.25) is 4.79 Å². The molecule has 0 bridgehead atoms. The van der Waals surface area contributed by atoms with Crippen LogP contribution in [0.15, 0.2) is 48.5 Å². The topological polar surface area (TPSA) is 58.6 Å². The van der Waals surface area contributed by atoms with Crippen LogP contribution in [0.5, 0.6) is 11.5 Å². The molecule has 0 radical (unpaired) electrons. The maximum absolute atomic E-state index is 12.0. The normalized spacial score (nSPS) is 11.7. The van der Waals surface area contributed by atoms with E-state index in [1.165, 1.54) is 12.1 Å². The lowest BCUT2D eigenvalue weighted by Crippen LogP contribution is -2.26. The SMILES string of the molecule is COc1ccc(C(C)NC(=O)c2ccc(O)cc2)cc1. The second-order valence-electron chi connectivity index (χ2n) is 4.52. The molecule has 0 heterocycles. The van der Waals surface area contributed by atoms with E-state index in [0.717, 1.165) is 11.3 Å². The zero-order chi connectivity index (χ0) is 14.5. The molecule has 0 aromatic heterocycles. The minimum absolute atomic E-state index is 0.109. The number of methoxy groups -OCH3 is 1. The van der Waals surface area contributed by atoms with Crippen molar-refractivity contribution in [1.29, 1.82) is 0 Å². The van der Waals surface area contributed by atoms with Crippen molar-refractivity contribution in [2.45, 2.75) is 13.0 Å². The first-order valence-electron chi connectivity index (χ1n) is 6.34. The van der Waals surface area contributed by atoms with Crippen LogP contribution >= 0.6 is 0 Å². The number of phenols is 1. The van der Waals surface area contributed by atoms with E-state index in [4.69, 9.17) is 4.74 Å². The highest BCUT2D eigenvalue weighted by Gasteiger charge is 2.11. The van der Waals surface area contributed by atoms with Gasteiger partial charge < -0.3 is 15.2 Å². The number of rotatable bonds is 4. The van der Waals surface area contributed by atoms with E-state index >= 15 is 0 Å². The molecule has 4 nitrogen and oxygen atoms in total. The lowest BCUT2D eigenvalue weighted by Gasteiger charge is -2.15. The molecule has 104 valence electrons. The largest absolute Gasteiger partial charge is 0.508 e. The summed E-state index contributed by atoms with van der Waals surface area (Å²) in [6.07, 6.45) is 0. The van der Waals surface area contributed by atoms with Gasteiger partial charge in [0.25, 0.3) is 5.91 Å².